The molecule has 218 valence electrons. The van der Waals surface area contributed by atoms with Gasteiger partial charge < -0.3 is 25.0 Å². The van der Waals surface area contributed by atoms with E-state index < -0.39 is 0 Å². The van der Waals surface area contributed by atoms with Crippen molar-refractivity contribution in [1.82, 2.24) is 25.6 Å². The number of aromatic nitrogens is 1. The number of rotatable bonds is 9. The summed E-state index contributed by atoms with van der Waals surface area (Å²) >= 11 is 12.3. The quantitative estimate of drug-likeness (QED) is 0.347. The molecule has 5 rings (SSSR count). The summed E-state index contributed by atoms with van der Waals surface area (Å²) in [5.41, 5.74) is 3.09. The van der Waals surface area contributed by atoms with Crippen LogP contribution in [0.25, 0.3) is 11.3 Å². The van der Waals surface area contributed by atoms with Crippen molar-refractivity contribution in [3.63, 3.8) is 0 Å². The van der Waals surface area contributed by atoms with Crippen molar-refractivity contribution in [2.75, 3.05) is 32.7 Å². The fourth-order valence-corrected chi connectivity index (χ4v) is 6.10. The largest absolute Gasteiger partial charge is 0.355 e. The van der Waals surface area contributed by atoms with E-state index in [-0.39, 0.29) is 29.6 Å². The SMILES string of the molecule is Cc1cc(Cl)cc(CN2CCC(CNC(=O)c3cc(-c4ccc(Cl)cc4)on3)NC(CCN3CCCCC3)C2=O)c1. The zero-order valence-corrected chi connectivity index (χ0v) is 24.9. The molecule has 2 N–H and O–H groups in total. The fourth-order valence-electron chi connectivity index (χ4n) is 5.66. The topological polar surface area (TPSA) is 90.7 Å². The summed E-state index contributed by atoms with van der Waals surface area (Å²) in [6, 6.07) is 14.3. The molecular weight excluding hydrogens is 561 g/mol. The summed E-state index contributed by atoms with van der Waals surface area (Å²) in [4.78, 5) is 31.1. The van der Waals surface area contributed by atoms with Gasteiger partial charge in [-0.1, -0.05) is 40.8 Å². The van der Waals surface area contributed by atoms with Gasteiger partial charge in [0.25, 0.3) is 5.91 Å². The molecule has 2 amide bonds. The Morgan fingerprint density at radius 2 is 1.83 bits per heavy atom. The van der Waals surface area contributed by atoms with Gasteiger partial charge in [0.15, 0.2) is 11.5 Å². The number of halogens is 2. The van der Waals surface area contributed by atoms with Crippen molar-refractivity contribution in [3.8, 4) is 11.3 Å². The maximum Gasteiger partial charge on any atom is 0.273 e. The van der Waals surface area contributed by atoms with Crippen molar-refractivity contribution >= 4 is 35.0 Å². The van der Waals surface area contributed by atoms with Crippen LogP contribution in [0.3, 0.4) is 0 Å². The molecule has 2 atom stereocenters. The van der Waals surface area contributed by atoms with Crippen LogP contribution in [0.15, 0.2) is 53.1 Å². The van der Waals surface area contributed by atoms with E-state index in [2.05, 4.69) is 26.8 Å². The van der Waals surface area contributed by atoms with Crippen LogP contribution in [0.5, 0.6) is 0 Å². The predicted molar refractivity (Wildman–Crippen MR) is 161 cm³/mol. The van der Waals surface area contributed by atoms with E-state index in [1.807, 2.05) is 36.1 Å². The summed E-state index contributed by atoms with van der Waals surface area (Å²) in [6.45, 7) is 6.52. The fraction of sp³-hybridized carbons (Fsp3) is 0.452. The van der Waals surface area contributed by atoms with Crippen molar-refractivity contribution < 1.29 is 14.1 Å². The first kappa shape index (κ1) is 29.6. The Morgan fingerprint density at radius 1 is 1.05 bits per heavy atom. The molecule has 8 nitrogen and oxygen atoms in total. The van der Waals surface area contributed by atoms with Crippen LogP contribution in [-0.2, 0) is 11.3 Å². The highest BCUT2D eigenvalue weighted by atomic mass is 35.5. The summed E-state index contributed by atoms with van der Waals surface area (Å²) in [5, 5.41) is 11.8. The molecule has 0 radical (unpaired) electrons. The predicted octanol–water partition coefficient (Wildman–Crippen LogP) is 5.32. The first-order chi connectivity index (χ1) is 19.8. The minimum atomic E-state index is -0.329. The van der Waals surface area contributed by atoms with Crippen LogP contribution in [0, 0.1) is 6.92 Å². The van der Waals surface area contributed by atoms with Gasteiger partial charge in [-0.15, -0.1) is 0 Å². The van der Waals surface area contributed by atoms with Crippen LogP contribution < -0.4 is 10.6 Å². The third-order valence-corrected chi connectivity index (χ3v) is 8.30. The van der Waals surface area contributed by atoms with Gasteiger partial charge in [0, 0.05) is 53.9 Å². The van der Waals surface area contributed by atoms with Gasteiger partial charge >= 0.3 is 0 Å². The highest BCUT2D eigenvalue weighted by Gasteiger charge is 2.31. The molecule has 0 saturated carbocycles. The highest BCUT2D eigenvalue weighted by molar-refractivity contribution is 6.31. The number of benzene rings is 2. The average molecular weight is 599 g/mol. The number of likely N-dealkylation sites (tertiary alicyclic amines) is 1. The van der Waals surface area contributed by atoms with Gasteiger partial charge in [0.1, 0.15) is 0 Å². The Morgan fingerprint density at radius 3 is 2.59 bits per heavy atom. The average Bonchev–Trinajstić information content (AvgIpc) is 3.40. The van der Waals surface area contributed by atoms with Gasteiger partial charge in [-0.05, 0) is 93.2 Å². The first-order valence-corrected chi connectivity index (χ1v) is 15.1. The maximum atomic E-state index is 13.8. The number of carbonyl (C=O) groups excluding carboxylic acids is 2. The molecule has 41 heavy (non-hydrogen) atoms. The molecular formula is C31H37Cl2N5O3. The van der Waals surface area contributed by atoms with E-state index >= 15 is 0 Å². The molecule has 0 aliphatic carbocycles. The van der Waals surface area contributed by atoms with Crippen LogP contribution in [0.1, 0.15) is 53.7 Å². The second-order valence-electron chi connectivity index (χ2n) is 11.1. The first-order valence-electron chi connectivity index (χ1n) is 14.4. The molecule has 2 aliphatic heterocycles. The van der Waals surface area contributed by atoms with Crippen LogP contribution in [0.2, 0.25) is 10.0 Å². The minimum Gasteiger partial charge on any atom is -0.355 e. The number of aryl methyl sites for hydroxylation is 1. The third kappa shape index (κ3) is 8.10. The molecule has 2 fully saturated rings. The van der Waals surface area contributed by atoms with Crippen molar-refractivity contribution in [2.45, 2.75) is 57.7 Å². The van der Waals surface area contributed by atoms with Crippen LogP contribution in [0.4, 0.5) is 0 Å². The number of nitrogens with one attached hydrogen (secondary N) is 2. The van der Waals surface area contributed by atoms with Gasteiger partial charge in [-0.2, -0.15) is 0 Å². The van der Waals surface area contributed by atoms with Crippen LogP contribution >= 0.6 is 23.2 Å². The number of amides is 2. The molecule has 2 saturated heterocycles. The molecule has 0 bridgehead atoms. The Hall–Kier alpha value is -2.91. The Bertz CT molecular complexity index is 1320. The number of nitrogens with zero attached hydrogens (tertiary/aromatic N) is 3. The van der Waals surface area contributed by atoms with Gasteiger partial charge in [-0.3, -0.25) is 9.59 Å². The lowest BCUT2D eigenvalue weighted by molar-refractivity contribution is -0.133. The normalized spacial score (nSPS) is 20.2. The number of carbonyl (C=O) groups is 2. The van der Waals surface area contributed by atoms with E-state index in [1.165, 1.54) is 19.3 Å². The van der Waals surface area contributed by atoms with E-state index in [1.54, 1.807) is 18.2 Å². The van der Waals surface area contributed by atoms with Gasteiger partial charge in [-0.25, -0.2) is 0 Å². The van der Waals surface area contributed by atoms with E-state index in [0.717, 1.165) is 42.7 Å². The molecule has 10 heteroatoms. The highest BCUT2D eigenvalue weighted by Crippen LogP contribution is 2.23. The molecule has 2 unspecified atom stereocenters. The third-order valence-electron chi connectivity index (χ3n) is 7.83. The second-order valence-corrected chi connectivity index (χ2v) is 12.0. The summed E-state index contributed by atoms with van der Waals surface area (Å²) < 4.78 is 5.40. The summed E-state index contributed by atoms with van der Waals surface area (Å²) in [6.07, 6.45) is 5.13. The number of hydrogen-bond donors (Lipinski definition) is 2. The van der Waals surface area contributed by atoms with E-state index in [0.29, 0.717) is 41.9 Å². The smallest absolute Gasteiger partial charge is 0.273 e. The zero-order valence-electron chi connectivity index (χ0n) is 23.4. The lowest BCUT2D eigenvalue weighted by Crippen LogP contribution is -2.50. The molecule has 2 aromatic carbocycles. The zero-order chi connectivity index (χ0) is 28.8. The molecule has 3 aromatic rings. The Balaban J connectivity index is 1.24. The monoisotopic (exact) mass is 597 g/mol. The molecule has 0 spiro atoms. The van der Waals surface area contributed by atoms with E-state index in [9.17, 15) is 9.59 Å². The molecule has 1 aromatic heterocycles. The Kier molecular flexibility index (Phi) is 9.98. The number of hydrogen-bond acceptors (Lipinski definition) is 6. The van der Waals surface area contributed by atoms with Crippen molar-refractivity contribution in [3.05, 3.63) is 75.4 Å². The minimum absolute atomic E-state index is 0.0667. The number of piperidine rings is 1. The lowest BCUT2D eigenvalue weighted by Gasteiger charge is -2.30. The van der Waals surface area contributed by atoms with Crippen molar-refractivity contribution in [2.24, 2.45) is 0 Å². The van der Waals surface area contributed by atoms with Gasteiger partial charge in [0.2, 0.25) is 5.91 Å². The van der Waals surface area contributed by atoms with E-state index in [4.69, 9.17) is 27.7 Å². The summed E-state index contributed by atoms with van der Waals surface area (Å²) in [5.74, 6) is 0.273. The second kappa shape index (κ2) is 13.8. The van der Waals surface area contributed by atoms with Gasteiger partial charge in [0.05, 0.1) is 6.04 Å². The molecule has 2 aliphatic rings. The summed E-state index contributed by atoms with van der Waals surface area (Å²) in [7, 11) is 0. The Labute approximate surface area is 251 Å². The van der Waals surface area contributed by atoms with Crippen molar-refractivity contribution in [1.29, 1.82) is 0 Å². The maximum absolute atomic E-state index is 13.8. The molecule has 3 heterocycles. The standard InChI is InChI=1S/C31H37Cl2N5O3/c1-21-15-22(17-25(33)16-21)20-38-14-9-26(35-27(31(38)40)10-13-37-11-3-2-4-12-37)19-34-30(39)28-18-29(41-36-28)23-5-7-24(32)8-6-23/h5-8,15-18,26-27,35H,2-4,9-14,19-20H2,1H3,(H,34,39). The lowest BCUT2D eigenvalue weighted by atomic mass is 10.1. The van der Waals surface area contributed by atoms with Crippen LogP contribution in [-0.4, -0.2) is 71.6 Å².